The zero-order valence-corrected chi connectivity index (χ0v) is 13.1. The summed E-state index contributed by atoms with van der Waals surface area (Å²) in [4.78, 5) is 12.2. The first-order chi connectivity index (χ1) is 8.94. The Kier molecular flexibility index (Phi) is 4.58. The lowest BCUT2D eigenvalue weighted by atomic mass is 9.66. The van der Waals surface area contributed by atoms with Gasteiger partial charge in [-0.15, -0.1) is 0 Å². The number of ether oxygens (including phenoxy) is 1. The molecule has 0 aromatic rings. The molecular formula is C17H30O2. The molecule has 2 saturated carbocycles. The molecule has 0 aromatic carbocycles. The SMILES string of the molecule is CCC1CC2CC(C1)CC(OC(=O)C(C)(C)CC)C2. The van der Waals surface area contributed by atoms with Gasteiger partial charge < -0.3 is 4.74 Å². The molecule has 110 valence electrons. The summed E-state index contributed by atoms with van der Waals surface area (Å²) in [5, 5.41) is 0. The van der Waals surface area contributed by atoms with Gasteiger partial charge in [0.2, 0.25) is 0 Å². The number of rotatable bonds is 4. The summed E-state index contributed by atoms with van der Waals surface area (Å²) in [7, 11) is 0. The average Bonchev–Trinajstić information content (AvgIpc) is 2.37. The number of hydrogen-bond donors (Lipinski definition) is 0. The van der Waals surface area contributed by atoms with Gasteiger partial charge in [-0.25, -0.2) is 0 Å². The van der Waals surface area contributed by atoms with Gasteiger partial charge >= 0.3 is 5.97 Å². The van der Waals surface area contributed by atoms with E-state index in [-0.39, 0.29) is 17.5 Å². The maximum Gasteiger partial charge on any atom is 0.311 e. The van der Waals surface area contributed by atoms with Crippen LogP contribution in [-0.4, -0.2) is 12.1 Å². The molecule has 2 aliphatic rings. The van der Waals surface area contributed by atoms with Gasteiger partial charge in [0.05, 0.1) is 5.41 Å². The van der Waals surface area contributed by atoms with E-state index >= 15 is 0 Å². The van der Waals surface area contributed by atoms with E-state index in [1.807, 2.05) is 13.8 Å². The van der Waals surface area contributed by atoms with Gasteiger partial charge in [0.1, 0.15) is 6.10 Å². The molecule has 0 saturated heterocycles. The van der Waals surface area contributed by atoms with Gasteiger partial charge in [-0.2, -0.15) is 0 Å². The van der Waals surface area contributed by atoms with E-state index in [1.165, 1.54) is 25.7 Å². The molecule has 2 unspecified atom stereocenters. The van der Waals surface area contributed by atoms with Gasteiger partial charge in [0, 0.05) is 0 Å². The molecule has 19 heavy (non-hydrogen) atoms. The third-order valence-electron chi connectivity index (χ3n) is 5.48. The van der Waals surface area contributed by atoms with E-state index in [2.05, 4.69) is 13.8 Å². The topological polar surface area (TPSA) is 26.3 Å². The molecule has 2 heteroatoms. The fraction of sp³-hybridized carbons (Fsp3) is 0.941. The highest BCUT2D eigenvalue weighted by atomic mass is 16.5. The van der Waals surface area contributed by atoms with E-state index < -0.39 is 0 Å². The van der Waals surface area contributed by atoms with Crippen LogP contribution in [0, 0.1) is 23.2 Å². The number of carbonyl (C=O) groups is 1. The maximum absolute atomic E-state index is 12.2. The normalized spacial score (nSPS) is 34.9. The van der Waals surface area contributed by atoms with E-state index in [0.717, 1.165) is 37.0 Å². The van der Waals surface area contributed by atoms with Crippen LogP contribution in [0.3, 0.4) is 0 Å². The summed E-state index contributed by atoms with van der Waals surface area (Å²) >= 11 is 0. The number of esters is 1. The third kappa shape index (κ3) is 3.52. The minimum Gasteiger partial charge on any atom is -0.462 e. The molecule has 0 heterocycles. The highest BCUT2D eigenvalue weighted by Gasteiger charge is 2.38. The first-order valence-electron chi connectivity index (χ1n) is 8.15. The van der Waals surface area contributed by atoms with Crippen molar-refractivity contribution in [1.29, 1.82) is 0 Å². The van der Waals surface area contributed by atoms with Crippen LogP contribution in [0.5, 0.6) is 0 Å². The Hall–Kier alpha value is -0.530. The Labute approximate surface area is 118 Å². The zero-order chi connectivity index (χ0) is 14.0. The van der Waals surface area contributed by atoms with Crippen molar-refractivity contribution in [1.82, 2.24) is 0 Å². The summed E-state index contributed by atoms with van der Waals surface area (Å²) in [6.45, 7) is 8.36. The molecule has 2 fully saturated rings. The van der Waals surface area contributed by atoms with Gasteiger partial charge in [-0.3, -0.25) is 4.79 Å². The van der Waals surface area contributed by atoms with Crippen LogP contribution in [0.4, 0.5) is 0 Å². The molecule has 2 rings (SSSR count). The quantitative estimate of drug-likeness (QED) is 0.697. The second-order valence-corrected chi connectivity index (χ2v) is 7.45. The zero-order valence-electron chi connectivity index (χ0n) is 13.1. The fourth-order valence-electron chi connectivity index (χ4n) is 3.81. The van der Waals surface area contributed by atoms with Crippen LogP contribution < -0.4 is 0 Å². The van der Waals surface area contributed by atoms with Gasteiger partial charge in [-0.05, 0) is 70.1 Å². The van der Waals surface area contributed by atoms with E-state index in [4.69, 9.17) is 4.74 Å². The van der Waals surface area contributed by atoms with E-state index in [0.29, 0.717) is 0 Å². The molecule has 2 atom stereocenters. The molecule has 0 radical (unpaired) electrons. The van der Waals surface area contributed by atoms with E-state index in [9.17, 15) is 4.79 Å². The fourth-order valence-corrected chi connectivity index (χ4v) is 3.81. The van der Waals surface area contributed by atoms with Crippen molar-refractivity contribution in [3.05, 3.63) is 0 Å². The molecule has 0 aromatic heterocycles. The van der Waals surface area contributed by atoms with Crippen molar-refractivity contribution in [2.24, 2.45) is 23.2 Å². The number of fused-ring (bicyclic) bond motifs is 2. The maximum atomic E-state index is 12.2. The predicted molar refractivity (Wildman–Crippen MR) is 77.8 cm³/mol. The molecule has 2 nitrogen and oxygen atoms in total. The van der Waals surface area contributed by atoms with Crippen LogP contribution in [0.15, 0.2) is 0 Å². The van der Waals surface area contributed by atoms with Gasteiger partial charge in [0.15, 0.2) is 0 Å². The molecule has 2 bridgehead atoms. The minimum atomic E-state index is -0.321. The predicted octanol–water partition coefficient (Wildman–Crippen LogP) is 4.57. The van der Waals surface area contributed by atoms with Gasteiger partial charge in [-0.1, -0.05) is 20.3 Å². The molecule has 0 N–H and O–H groups in total. The second kappa shape index (κ2) is 5.85. The Morgan fingerprint density at radius 2 is 1.63 bits per heavy atom. The first-order valence-corrected chi connectivity index (χ1v) is 8.15. The Morgan fingerprint density at radius 1 is 1.05 bits per heavy atom. The molecule has 0 aliphatic heterocycles. The molecule has 2 aliphatic carbocycles. The smallest absolute Gasteiger partial charge is 0.311 e. The lowest BCUT2D eigenvalue weighted by Crippen LogP contribution is -2.38. The van der Waals surface area contributed by atoms with Crippen LogP contribution in [-0.2, 0) is 9.53 Å². The summed E-state index contributed by atoms with van der Waals surface area (Å²) in [6, 6.07) is 0. The molecular weight excluding hydrogens is 236 g/mol. The van der Waals surface area contributed by atoms with Gasteiger partial charge in [0.25, 0.3) is 0 Å². The monoisotopic (exact) mass is 266 g/mol. The molecule has 0 spiro atoms. The summed E-state index contributed by atoms with van der Waals surface area (Å²) in [6.07, 6.45) is 8.68. The Bertz CT molecular complexity index is 307. The highest BCUT2D eigenvalue weighted by molar-refractivity contribution is 5.76. The first kappa shape index (κ1) is 14.9. The van der Waals surface area contributed by atoms with Crippen molar-refractivity contribution < 1.29 is 9.53 Å². The number of carbonyl (C=O) groups excluding carboxylic acids is 1. The van der Waals surface area contributed by atoms with Crippen LogP contribution in [0.2, 0.25) is 0 Å². The van der Waals surface area contributed by atoms with Crippen molar-refractivity contribution in [2.45, 2.75) is 78.7 Å². The van der Waals surface area contributed by atoms with E-state index in [1.54, 1.807) is 0 Å². The summed E-state index contributed by atoms with van der Waals surface area (Å²) < 4.78 is 5.81. The van der Waals surface area contributed by atoms with Crippen LogP contribution in [0.1, 0.15) is 72.6 Å². The standard InChI is InChI=1S/C17H30O2/c1-5-12-7-13-9-14(8-12)11-15(10-13)19-16(18)17(3,4)6-2/h12-15H,5-11H2,1-4H3. The van der Waals surface area contributed by atoms with Crippen molar-refractivity contribution in [3.63, 3.8) is 0 Å². The van der Waals surface area contributed by atoms with Crippen molar-refractivity contribution in [3.8, 4) is 0 Å². The Morgan fingerprint density at radius 3 is 2.11 bits per heavy atom. The van der Waals surface area contributed by atoms with Crippen LogP contribution >= 0.6 is 0 Å². The third-order valence-corrected chi connectivity index (χ3v) is 5.48. The molecule has 0 amide bonds. The largest absolute Gasteiger partial charge is 0.462 e. The highest BCUT2D eigenvalue weighted by Crippen LogP contribution is 2.44. The minimum absolute atomic E-state index is 0.00650. The van der Waals surface area contributed by atoms with Crippen molar-refractivity contribution >= 4 is 5.97 Å². The van der Waals surface area contributed by atoms with Crippen molar-refractivity contribution in [2.75, 3.05) is 0 Å². The summed E-state index contributed by atoms with van der Waals surface area (Å²) in [5.74, 6) is 2.54. The summed E-state index contributed by atoms with van der Waals surface area (Å²) in [5.41, 5.74) is -0.321. The lowest BCUT2D eigenvalue weighted by Gasteiger charge is -2.42. The number of hydrogen-bond acceptors (Lipinski definition) is 2. The Balaban J connectivity index is 1.90. The van der Waals surface area contributed by atoms with Crippen LogP contribution in [0.25, 0.3) is 0 Å². The average molecular weight is 266 g/mol. The lowest BCUT2D eigenvalue weighted by molar-refractivity contribution is -0.164. The second-order valence-electron chi connectivity index (χ2n) is 7.45.